The summed E-state index contributed by atoms with van der Waals surface area (Å²) in [5, 5.41) is 24.7. The lowest BCUT2D eigenvalue weighted by Gasteiger charge is -2.03. The topological polar surface area (TPSA) is 130 Å². The third-order valence-corrected chi connectivity index (χ3v) is 1.80. The van der Waals surface area contributed by atoms with Crippen LogP contribution >= 0.6 is 7.92 Å². The second-order valence-corrected chi connectivity index (χ2v) is 3.69. The molecule has 0 aromatic rings. The summed E-state index contributed by atoms with van der Waals surface area (Å²) in [6.07, 6.45) is -0.243. The number of nitrogens with two attached hydrogens (primary N) is 2. The largest absolute Gasteiger partial charge is 0.392 e. The molecule has 0 unspecified atom stereocenters. The number of amides is 2. The summed E-state index contributed by atoms with van der Waals surface area (Å²) in [7, 11) is -0.887. The summed E-state index contributed by atoms with van der Waals surface area (Å²) in [5.74, 6) is 0. The Morgan fingerprint density at radius 1 is 1.09 bits per heavy atom. The van der Waals surface area contributed by atoms with E-state index in [0.29, 0.717) is 0 Å². The van der Waals surface area contributed by atoms with Crippen LogP contribution in [0.5, 0.6) is 0 Å². The van der Waals surface area contributed by atoms with Gasteiger partial charge in [-0.05, 0) is 7.92 Å². The van der Waals surface area contributed by atoms with Crippen LogP contribution < -0.4 is 11.5 Å². The third kappa shape index (κ3) is 17.7. The first-order chi connectivity index (χ1) is 5.08. The van der Waals surface area contributed by atoms with Crippen LogP contribution in [0.15, 0.2) is 0 Å². The monoisotopic (exact) mass is 184 g/mol. The fourth-order valence-corrected chi connectivity index (χ4v) is 0.402. The van der Waals surface area contributed by atoms with Crippen LogP contribution in [0.4, 0.5) is 4.79 Å². The van der Waals surface area contributed by atoms with E-state index < -0.39 is 14.0 Å². The van der Waals surface area contributed by atoms with Gasteiger partial charge in [0.1, 0.15) is 0 Å². The van der Waals surface area contributed by atoms with Gasteiger partial charge in [0.25, 0.3) is 0 Å². The highest BCUT2D eigenvalue weighted by Crippen LogP contribution is 2.29. The van der Waals surface area contributed by atoms with Gasteiger partial charge in [-0.1, -0.05) is 0 Å². The number of primary amides is 2. The van der Waals surface area contributed by atoms with Gasteiger partial charge in [-0.25, -0.2) is 4.79 Å². The SMILES string of the molecule is NC(N)=O.OCP(CO)CO. The molecule has 7 N–H and O–H groups in total. The molecule has 0 aliphatic carbocycles. The predicted octanol–water partition coefficient (Wildman–Crippen LogP) is -1.66. The van der Waals surface area contributed by atoms with E-state index in [0.717, 1.165) is 0 Å². The third-order valence-electron chi connectivity index (χ3n) is 0.600. The molecular weight excluding hydrogens is 171 g/mol. The molecule has 0 aliphatic heterocycles. The van der Waals surface area contributed by atoms with Crippen LogP contribution in [-0.4, -0.2) is 40.4 Å². The highest BCUT2D eigenvalue weighted by Gasteiger charge is 1.98. The summed E-state index contributed by atoms with van der Waals surface area (Å²) in [6.45, 7) is 0. The van der Waals surface area contributed by atoms with Gasteiger partial charge < -0.3 is 26.8 Å². The molecule has 0 aromatic carbocycles. The van der Waals surface area contributed by atoms with Gasteiger partial charge in [-0.2, -0.15) is 0 Å². The van der Waals surface area contributed by atoms with Crippen LogP contribution in [0, 0.1) is 0 Å². The van der Waals surface area contributed by atoms with Gasteiger partial charge in [0, 0.05) is 0 Å². The lowest BCUT2D eigenvalue weighted by atomic mass is 11.2. The smallest absolute Gasteiger partial charge is 0.309 e. The van der Waals surface area contributed by atoms with Crippen molar-refractivity contribution in [3.05, 3.63) is 0 Å². The molecule has 11 heavy (non-hydrogen) atoms. The van der Waals surface area contributed by atoms with Crippen LogP contribution in [0.2, 0.25) is 0 Å². The van der Waals surface area contributed by atoms with E-state index >= 15 is 0 Å². The van der Waals surface area contributed by atoms with E-state index in [-0.39, 0.29) is 19.0 Å². The quantitative estimate of drug-likeness (QED) is 0.336. The van der Waals surface area contributed by atoms with E-state index in [9.17, 15) is 0 Å². The van der Waals surface area contributed by atoms with Crippen molar-refractivity contribution in [2.24, 2.45) is 11.5 Å². The number of hydrogen-bond donors (Lipinski definition) is 5. The van der Waals surface area contributed by atoms with Crippen molar-refractivity contribution in [1.29, 1.82) is 0 Å². The van der Waals surface area contributed by atoms with Crippen molar-refractivity contribution in [1.82, 2.24) is 0 Å². The molecule has 0 aliphatic rings. The number of aliphatic hydroxyl groups is 3. The highest BCUT2D eigenvalue weighted by molar-refractivity contribution is 7.56. The zero-order valence-corrected chi connectivity index (χ0v) is 6.87. The van der Waals surface area contributed by atoms with Crippen LogP contribution in [0.3, 0.4) is 0 Å². The molecule has 0 aromatic heterocycles. The van der Waals surface area contributed by atoms with Crippen molar-refractivity contribution in [2.75, 3.05) is 19.0 Å². The first-order valence-electron chi connectivity index (χ1n) is 2.68. The molecule has 2 amide bonds. The van der Waals surface area contributed by atoms with E-state index in [1.807, 2.05) is 0 Å². The maximum absolute atomic E-state index is 9.00. The second-order valence-electron chi connectivity index (χ2n) is 1.50. The van der Waals surface area contributed by atoms with E-state index in [1.54, 1.807) is 0 Å². The van der Waals surface area contributed by atoms with Crippen molar-refractivity contribution in [3.63, 3.8) is 0 Å². The molecule has 0 heterocycles. The minimum atomic E-state index is -0.887. The number of carbonyl (C=O) groups is 1. The van der Waals surface area contributed by atoms with E-state index in [4.69, 9.17) is 20.1 Å². The fourth-order valence-electron chi connectivity index (χ4n) is 0.134. The molecule has 0 radical (unpaired) electrons. The maximum atomic E-state index is 9.00. The molecule has 0 saturated carbocycles. The normalized spacial score (nSPS) is 8.73. The predicted molar refractivity (Wildman–Crippen MR) is 41.9 cm³/mol. The summed E-state index contributed by atoms with van der Waals surface area (Å²) in [6, 6.07) is -0.833. The van der Waals surface area contributed by atoms with E-state index in [1.165, 1.54) is 0 Å². The molecule has 0 rings (SSSR count). The van der Waals surface area contributed by atoms with Crippen LogP contribution in [-0.2, 0) is 0 Å². The molecule has 0 atom stereocenters. The van der Waals surface area contributed by atoms with Crippen LogP contribution in [0.1, 0.15) is 0 Å². The molecule has 68 valence electrons. The number of hydrogen-bond acceptors (Lipinski definition) is 4. The first-order valence-corrected chi connectivity index (χ1v) is 4.58. The minimum absolute atomic E-state index is 0.0810. The van der Waals surface area contributed by atoms with Crippen molar-refractivity contribution >= 4 is 14.0 Å². The zero-order valence-electron chi connectivity index (χ0n) is 5.97. The second kappa shape index (κ2) is 9.58. The number of urea groups is 1. The zero-order chi connectivity index (χ0) is 9.28. The number of rotatable bonds is 3. The van der Waals surface area contributed by atoms with Gasteiger partial charge in [-0.15, -0.1) is 0 Å². The average molecular weight is 184 g/mol. The number of carbonyl (C=O) groups excluding carboxylic acids is 1. The molecule has 0 saturated heterocycles. The molecule has 0 spiro atoms. The Balaban J connectivity index is 0. The Kier molecular flexibility index (Phi) is 11.5. The molecule has 0 bridgehead atoms. The van der Waals surface area contributed by atoms with E-state index in [2.05, 4.69) is 11.5 Å². The Bertz CT molecular complexity index is 88.6. The molecule has 0 fully saturated rings. The van der Waals surface area contributed by atoms with Crippen LogP contribution in [0.25, 0.3) is 0 Å². The molecule has 7 heteroatoms. The Morgan fingerprint density at radius 2 is 1.27 bits per heavy atom. The lowest BCUT2D eigenvalue weighted by Crippen LogP contribution is -2.18. The highest BCUT2D eigenvalue weighted by atomic mass is 31.1. The maximum Gasteiger partial charge on any atom is 0.309 e. The van der Waals surface area contributed by atoms with Crippen molar-refractivity contribution < 1.29 is 20.1 Å². The van der Waals surface area contributed by atoms with Crippen molar-refractivity contribution in [3.8, 4) is 0 Å². The average Bonchev–Trinajstić information content (AvgIpc) is 1.90. The Labute approximate surface area is 65.6 Å². The summed E-state index contributed by atoms with van der Waals surface area (Å²) in [4.78, 5) is 9.00. The van der Waals surface area contributed by atoms with Gasteiger partial charge in [-0.3, -0.25) is 0 Å². The molecule has 6 nitrogen and oxygen atoms in total. The van der Waals surface area contributed by atoms with Gasteiger partial charge in [0.15, 0.2) is 0 Å². The summed E-state index contributed by atoms with van der Waals surface area (Å²) in [5.41, 5.74) is 8.50. The van der Waals surface area contributed by atoms with Crippen molar-refractivity contribution in [2.45, 2.75) is 0 Å². The Morgan fingerprint density at radius 3 is 1.27 bits per heavy atom. The lowest BCUT2D eigenvalue weighted by molar-refractivity contribution is 0.256. The minimum Gasteiger partial charge on any atom is -0.392 e. The Hall–Kier alpha value is -0.420. The summed E-state index contributed by atoms with van der Waals surface area (Å²) < 4.78 is 0. The molecular formula is C4H13N2O4P. The van der Waals surface area contributed by atoms with Gasteiger partial charge in [0.05, 0.1) is 19.0 Å². The fraction of sp³-hybridized carbons (Fsp3) is 0.750. The van der Waals surface area contributed by atoms with Gasteiger partial charge >= 0.3 is 6.03 Å². The number of aliphatic hydroxyl groups excluding tert-OH is 3. The summed E-state index contributed by atoms with van der Waals surface area (Å²) >= 11 is 0. The first kappa shape index (κ1) is 13.2. The van der Waals surface area contributed by atoms with Gasteiger partial charge in [0.2, 0.25) is 0 Å². The standard InChI is InChI=1S/C3H9O3P.CH4N2O/c4-1-7(2-5)3-6;2-1(3)4/h4-6H,1-3H2;(H4,2,3,4).